The minimum absolute atomic E-state index is 0.215. The van der Waals surface area contributed by atoms with Gasteiger partial charge < -0.3 is 10.2 Å². The summed E-state index contributed by atoms with van der Waals surface area (Å²) in [5, 5.41) is 3.33. The molecule has 3 nitrogen and oxygen atoms in total. The molecular weight excluding hydrogens is 268 g/mol. The monoisotopic (exact) mass is 294 g/mol. The average Bonchev–Trinajstić information content (AvgIpc) is 2.53. The molecule has 1 amide bonds. The number of rotatable bonds is 4. The summed E-state index contributed by atoms with van der Waals surface area (Å²) >= 11 is 1.81. The summed E-state index contributed by atoms with van der Waals surface area (Å²) in [4.78, 5) is 16.3. The lowest BCUT2D eigenvalue weighted by Gasteiger charge is -2.40. The van der Waals surface area contributed by atoms with Crippen LogP contribution in [0.3, 0.4) is 0 Å². The smallest absolute Gasteiger partial charge is 0.226 e. The Balaban J connectivity index is 2.17. The van der Waals surface area contributed by atoms with Gasteiger partial charge in [-0.25, -0.2) is 0 Å². The first kappa shape index (κ1) is 15.6. The van der Waals surface area contributed by atoms with Crippen LogP contribution in [0.25, 0.3) is 0 Å². The van der Waals surface area contributed by atoms with E-state index in [0.29, 0.717) is 5.91 Å². The Kier molecular flexibility index (Phi) is 5.73. The van der Waals surface area contributed by atoms with Crippen molar-refractivity contribution in [3.05, 3.63) is 23.1 Å². The van der Waals surface area contributed by atoms with Gasteiger partial charge in [-0.05, 0) is 55.5 Å². The molecule has 0 aromatic rings. The number of piperidine rings is 1. The fourth-order valence-electron chi connectivity index (χ4n) is 3.35. The van der Waals surface area contributed by atoms with E-state index in [2.05, 4.69) is 30.0 Å². The van der Waals surface area contributed by atoms with Gasteiger partial charge in [0, 0.05) is 12.5 Å². The highest BCUT2D eigenvalue weighted by Crippen LogP contribution is 2.34. The molecule has 0 aromatic heterocycles. The number of hydrogen-bond acceptors (Lipinski definition) is 3. The molecule has 2 rings (SSSR count). The molecule has 1 atom stereocenters. The van der Waals surface area contributed by atoms with Crippen molar-refractivity contribution < 1.29 is 4.79 Å². The molecule has 0 bridgehead atoms. The fraction of sp³-hybridized carbons (Fsp3) is 0.688. The topological polar surface area (TPSA) is 32.3 Å². The molecule has 1 N–H and O–H groups in total. The molecule has 20 heavy (non-hydrogen) atoms. The van der Waals surface area contributed by atoms with Crippen molar-refractivity contribution >= 4 is 17.7 Å². The predicted molar refractivity (Wildman–Crippen MR) is 86.7 cm³/mol. The van der Waals surface area contributed by atoms with Crippen molar-refractivity contribution in [2.24, 2.45) is 5.92 Å². The molecule has 0 saturated carbocycles. The minimum Gasteiger partial charge on any atom is -0.335 e. The average molecular weight is 294 g/mol. The van der Waals surface area contributed by atoms with E-state index in [-0.39, 0.29) is 12.0 Å². The maximum Gasteiger partial charge on any atom is 0.226 e. The van der Waals surface area contributed by atoms with Gasteiger partial charge in [-0.2, -0.15) is 0 Å². The Morgan fingerprint density at radius 1 is 1.50 bits per heavy atom. The van der Waals surface area contributed by atoms with Gasteiger partial charge in [0.1, 0.15) is 0 Å². The van der Waals surface area contributed by atoms with Crippen LogP contribution in [0.2, 0.25) is 0 Å². The first-order valence-corrected chi connectivity index (χ1v) is 8.86. The van der Waals surface area contributed by atoms with E-state index in [1.54, 1.807) is 0 Å². The van der Waals surface area contributed by atoms with Gasteiger partial charge in [-0.15, -0.1) is 11.8 Å². The molecule has 4 heteroatoms. The molecule has 1 fully saturated rings. The zero-order valence-electron chi connectivity index (χ0n) is 12.7. The van der Waals surface area contributed by atoms with Gasteiger partial charge in [0.15, 0.2) is 0 Å². The van der Waals surface area contributed by atoms with E-state index in [0.717, 1.165) is 45.3 Å². The van der Waals surface area contributed by atoms with E-state index < -0.39 is 0 Å². The van der Waals surface area contributed by atoms with Crippen molar-refractivity contribution in [2.45, 2.75) is 38.6 Å². The summed E-state index contributed by atoms with van der Waals surface area (Å²) in [6, 6.07) is 0.228. The highest BCUT2D eigenvalue weighted by molar-refractivity contribution is 8.02. The standard InChI is InChI=1S/C16H26N2OS/c1-4-13-14(5-2)18(11-8-15(13)20-3)16(19)12-6-9-17-10-7-12/h4,12,14,17H,1,5-11H2,2-3H3. The van der Waals surface area contributed by atoms with Crippen LogP contribution in [0.1, 0.15) is 32.6 Å². The van der Waals surface area contributed by atoms with Crippen LogP contribution in [-0.2, 0) is 4.79 Å². The number of thioether (sulfide) groups is 1. The minimum atomic E-state index is 0.215. The summed E-state index contributed by atoms with van der Waals surface area (Å²) in [6.07, 6.45) is 8.00. The normalized spacial score (nSPS) is 24.9. The number of amides is 1. The lowest BCUT2D eigenvalue weighted by atomic mass is 9.91. The summed E-state index contributed by atoms with van der Waals surface area (Å²) < 4.78 is 0. The number of carbonyl (C=O) groups is 1. The SMILES string of the molecule is C=CC1=C(SC)CCN(C(=O)C2CCNCC2)C1CC. The Hall–Kier alpha value is -0.740. The summed E-state index contributed by atoms with van der Waals surface area (Å²) in [7, 11) is 0. The lowest BCUT2D eigenvalue weighted by Crippen LogP contribution is -2.48. The molecule has 0 spiro atoms. The molecule has 1 unspecified atom stereocenters. The molecule has 2 heterocycles. The Morgan fingerprint density at radius 3 is 2.75 bits per heavy atom. The fourth-order valence-corrected chi connectivity index (χ4v) is 4.10. The van der Waals surface area contributed by atoms with Crippen LogP contribution >= 0.6 is 11.8 Å². The Bertz CT molecular complexity index is 399. The first-order chi connectivity index (χ1) is 9.72. The van der Waals surface area contributed by atoms with Gasteiger partial charge in [0.05, 0.1) is 6.04 Å². The van der Waals surface area contributed by atoms with Gasteiger partial charge in [-0.3, -0.25) is 4.79 Å². The van der Waals surface area contributed by atoms with Crippen molar-refractivity contribution in [1.29, 1.82) is 0 Å². The molecule has 1 saturated heterocycles. The van der Waals surface area contributed by atoms with Crippen LogP contribution in [0.5, 0.6) is 0 Å². The molecule has 2 aliphatic heterocycles. The molecule has 0 aliphatic carbocycles. The number of nitrogens with one attached hydrogen (secondary N) is 1. The molecule has 0 aromatic carbocycles. The van der Waals surface area contributed by atoms with Crippen LogP contribution in [-0.4, -0.2) is 42.7 Å². The van der Waals surface area contributed by atoms with Gasteiger partial charge in [-0.1, -0.05) is 19.6 Å². The number of carbonyl (C=O) groups excluding carboxylic acids is 1. The van der Waals surface area contributed by atoms with Crippen LogP contribution < -0.4 is 5.32 Å². The van der Waals surface area contributed by atoms with E-state index in [9.17, 15) is 4.79 Å². The zero-order chi connectivity index (χ0) is 14.5. The Labute approximate surface area is 126 Å². The second-order valence-electron chi connectivity index (χ2n) is 5.52. The summed E-state index contributed by atoms with van der Waals surface area (Å²) in [5.74, 6) is 0.574. The molecule has 112 valence electrons. The molecular formula is C16H26N2OS. The Morgan fingerprint density at radius 2 is 2.20 bits per heavy atom. The quantitative estimate of drug-likeness (QED) is 0.865. The summed E-state index contributed by atoms with van der Waals surface area (Å²) in [6.45, 7) is 8.95. The van der Waals surface area contributed by atoms with Crippen molar-refractivity contribution in [2.75, 3.05) is 25.9 Å². The van der Waals surface area contributed by atoms with Gasteiger partial charge in [0.2, 0.25) is 5.91 Å². The molecule has 2 aliphatic rings. The van der Waals surface area contributed by atoms with E-state index in [1.807, 2.05) is 17.8 Å². The third-order valence-corrected chi connectivity index (χ3v) is 5.39. The van der Waals surface area contributed by atoms with Crippen LogP contribution in [0, 0.1) is 5.92 Å². The third-order valence-electron chi connectivity index (χ3n) is 4.46. The third kappa shape index (κ3) is 3.12. The second kappa shape index (κ2) is 7.32. The van der Waals surface area contributed by atoms with Crippen molar-refractivity contribution in [1.82, 2.24) is 10.2 Å². The zero-order valence-corrected chi connectivity index (χ0v) is 13.5. The number of hydrogen-bond donors (Lipinski definition) is 1. The summed E-state index contributed by atoms with van der Waals surface area (Å²) in [5.41, 5.74) is 1.27. The van der Waals surface area contributed by atoms with Gasteiger partial charge in [0.25, 0.3) is 0 Å². The lowest BCUT2D eigenvalue weighted by molar-refractivity contribution is -0.138. The van der Waals surface area contributed by atoms with E-state index >= 15 is 0 Å². The largest absolute Gasteiger partial charge is 0.335 e. The van der Waals surface area contributed by atoms with Crippen LogP contribution in [0.15, 0.2) is 23.1 Å². The van der Waals surface area contributed by atoms with Crippen molar-refractivity contribution in [3.63, 3.8) is 0 Å². The van der Waals surface area contributed by atoms with Crippen molar-refractivity contribution in [3.8, 4) is 0 Å². The van der Waals surface area contributed by atoms with Gasteiger partial charge >= 0.3 is 0 Å². The maximum absolute atomic E-state index is 12.8. The maximum atomic E-state index is 12.8. The number of nitrogens with zero attached hydrogens (tertiary/aromatic N) is 1. The second-order valence-corrected chi connectivity index (χ2v) is 6.42. The van der Waals surface area contributed by atoms with E-state index in [4.69, 9.17) is 0 Å². The molecule has 0 radical (unpaired) electrons. The highest BCUT2D eigenvalue weighted by atomic mass is 32.2. The predicted octanol–water partition coefficient (Wildman–Crippen LogP) is 2.80. The highest BCUT2D eigenvalue weighted by Gasteiger charge is 2.34. The van der Waals surface area contributed by atoms with Crippen LogP contribution in [0.4, 0.5) is 0 Å². The van der Waals surface area contributed by atoms with E-state index in [1.165, 1.54) is 10.5 Å². The first-order valence-electron chi connectivity index (χ1n) is 7.63.